The number of hydrogen-bond donors (Lipinski definition) is 2. The summed E-state index contributed by atoms with van der Waals surface area (Å²) in [6.07, 6.45) is -1.07. The van der Waals surface area contributed by atoms with E-state index in [-0.39, 0.29) is 18.9 Å². The Morgan fingerprint density at radius 3 is 3.00 bits per heavy atom. The Kier molecular flexibility index (Phi) is 3.31. The molecule has 1 aliphatic rings. The van der Waals surface area contributed by atoms with Gasteiger partial charge in [0.2, 0.25) is 0 Å². The Morgan fingerprint density at radius 2 is 2.39 bits per heavy atom. The van der Waals surface area contributed by atoms with Crippen molar-refractivity contribution in [1.82, 2.24) is 5.32 Å². The second kappa shape index (κ2) is 4.91. The zero-order valence-corrected chi connectivity index (χ0v) is 9.18. The maximum atomic E-state index is 13.3. The van der Waals surface area contributed by atoms with E-state index in [1.165, 1.54) is 12.1 Å². The summed E-state index contributed by atoms with van der Waals surface area (Å²) in [6, 6.07) is 3.72. The van der Waals surface area contributed by atoms with Gasteiger partial charge in [-0.2, -0.15) is 0 Å². The summed E-state index contributed by atoms with van der Waals surface area (Å²) >= 11 is 0. The molecule has 7 heteroatoms. The van der Waals surface area contributed by atoms with E-state index in [9.17, 15) is 14.0 Å². The highest BCUT2D eigenvalue weighted by molar-refractivity contribution is 5.91. The normalized spacial score (nSPS) is 18.1. The van der Waals surface area contributed by atoms with Crippen molar-refractivity contribution in [3.05, 3.63) is 29.6 Å². The fourth-order valence-electron chi connectivity index (χ4n) is 1.54. The molecule has 1 aromatic rings. The van der Waals surface area contributed by atoms with Gasteiger partial charge in [-0.05, 0) is 12.1 Å². The van der Waals surface area contributed by atoms with Gasteiger partial charge < -0.3 is 19.9 Å². The van der Waals surface area contributed by atoms with Crippen LogP contribution in [-0.2, 0) is 4.74 Å². The smallest absolute Gasteiger partial charge is 0.407 e. The highest BCUT2D eigenvalue weighted by Crippen LogP contribution is 2.22. The van der Waals surface area contributed by atoms with Gasteiger partial charge in [0.05, 0.1) is 6.54 Å². The zero-order valence-electron chi connectivity index (χ0n) is 9.18. The fourth-order valence-corrected chi connectivity index (χ4v) is 1.54. The van der Waals surface area contributed by atoms with Gasteiger partial charge in [-0.15, -0.1) is 0 Å². The van der Waals surface area contributed by atoms with Crippen molar-refractivity contribution in [3.8, 4) is 5.75 Å². The lowest BCUT2D eigenvalue weighted by molar-refractivity contribution is 0.0678. The molecule has 1 amide bonds. The minimum absolute atomic E-state index is 0.0392. The average Bonchev–Trinajstić information content (AvgIpc) is 2.72. The predicted octanol–water partition coefficient (Wildman–Crippen LogP) is 1.01. The maximum Gasteiger partial charge on any atom is 0.407 e. The van der Waals surface area contributed by atoms with E-state index in [0.29, 0.717) is 0 Å². The van der Waals surface area contributed by atoms with E-state index < -0.39 is 29.5 Å². The second-order valence-corrected chi connectivity index (χ2v) is 3.64. The largest absolute Gasteiger partial charge is 0.489 e. The van der Waals surface area contributed by atoms with Crippen LogP contribution in [0.25, 0.3) is 0 Å². The van der Waals surface area contributed by atoms with Gasteiger partial charge >= 0.3 is 12.1 Å². The number of halogens is 1. The van der Waals surface area contributed by atoms with Crippen LogP contribution >= 0.6 is 0 Å². The fraction of sp³-hybridized carbons (Fsp3) is 0.273. The van der Waals surface area contributed by atoms with E-state index in [1.54, 1.807) is 0 Å². The molecule has 1 aromatic carbocycles. The Bertz CT molecular complexity index is 490. The van der Waals surface area contributed by atoms with Crippen LogP contribution in [0.1, 0.15) is 10.4 Å². The number of cyclic esters (lactones) is 1. The number of carboxylic acids is 1. The molecule has 96 valence electrons. The molecule has 6 nitrogen and oxygen atoms in total. The van der Waals surface area contributed by atoms with Crippen LogP contribution in [0.2, 0.25) is 0 Å². The SMILES string of the molecule is O=C1NCC(COc2cccc(F)c2C(=O)O)O1. The molecule has 1 heterocycles. The quantitative estimate of drug-likeness (QED) is 0.838. The first-order chi connectivity index (χ1) is 8.58. The number of carboxylic acid groups (broad SMARTS) is 1. The molecule has 1 saturated heterocycles. The molecule has 1 atom stereocenters. The highest BCUT2D eigenvalue weighted by atomic mass is 19.1. The number of amides is 1. The van der Waals surface area contributed by atoms with Crippen LogP contribution in [-0.4, -0.2) is 36.4 Å². The summed E-state index contributed by atoms with van der Waals surface area (Å²) < 4.78 is 23.3. The second-order valence-electron chi connectivity index (χ2n) is 3.64. The highest BCUT2D eigenvalue weighted by Gasteiger charge is 2.24. The lowest BCUT2D eigenvalue weighted by atomic mass is 10.2. The molecular weight excluding hydrogens is 245 g/mol. The van der Waals surface area contributed by atoms with Crippen LogP contribution in [0.5, 0.6) is 5.75 Å². The molecule has 0 radical (unpaired) electrons. The summed E-state index contributed by atoms with van der Waals surface area (Å²) in [6.45, 7) is 0.235. The molecule has 0 aromatic heterocycles. The van der Waals surface area contributed by atoms with Crippen molar-refractivity contribution in [2.24, 2.45) is 0 Å². The molecule has 0 bridgehead atoms. The molecule has 0 aliphatic carbocycles. The minimum Gasteiger partial charge on any atom is -0.489 e. The number of ether oxygens (including phenoxy) is 2. The molecular formula is C11H10FNO5. The number of nitrogens with one attached hydrogen (secondary N) is 1. The van der Waals surface area contributed by atoms with Gasteiger partial charge in [-0.1, -0.05) is 6.07 Å². The van der Waals surface area contributed by atoms with Crippen molar-refractivity contribution < 1.29 is 28.6 Å². The van der Waals surface area contributed by atoms with E-state index in [2.05, 4.69) is 5.32 Å². The summed E-state index contributed by atoms with van der Waals surface area (Å²) in [5, 5.41) is 11.3. The summed E-state index contributed by atoms with van der Waals surface area (Å²) in [5.74, 6) is -2.38. The first kappa shape index (κ1) is 12.2. The summed E-state index contributed by atoms with van der Waals surface area (Å²) in [4.78, 5) is 21.6. The number of aromatic carboxylic acids is 1. The predicted molar refractivity (Wildman–Crippen MR) is 57.1 cm³/mol. The van der Waals surface area contributed by atoms with E-state index in [0.717, 1.165) is 6.07 Å². The Balaban J connectivity index is 2.07. The topological polar surface area (TPSA) is 84.9 Å². The van der Waals surface area contributed by atoms with Crippen LogP contribution in [0.15, 0.2) is 18.2 Å². The van der Waals surface area contributed by atoms with Crippen LogP contribution in [0.4, 0.5) is 9.18 Å². The summed E-state index contributed by atoms with van der Waals surface area (Å²) in [5.41, 5.74) is -0.533. The van der Waals surface area contributed by atoms with Crippen molar-refractivity contribution in [2.75, 3.05) is 13.2 Å². The van der Waals surface area contributed by atoms with Crippen molar-refractivity contribution in [1.29, 1.82) is 0 Å². The number of alkyl carbamates (subject to hydrolysis) is 1. The number of carbonyl (C=O) groups is 2. The van der Waals surface area contributed by atoms with Crippen molar-refractivity contribution in [2.45, 2.75) is 6.10 Å². The van der Waals surface area contributed by atoms with Gasteiger partial charge in [0.15, 0.2) is 6.10 Å². The molecule has 0 saturated carbocycles. The van der Waals surface area contributed by atoms with E-state index >= 15 is 0 Å². The van der Waals surface area contributed by atoms with Crippen molar-refractivity contribution in [3.63, 3.8) is 0 Å². The first-order valence-corrected chi connectivity index (χ1v) is 5.17. The Labute approximate surface area is 101 Å². The molecule has 2 N–H and O–H groups in total. The van der Waals surface area contributed by atoms with Gasteiger partial charge in [0.25, 0.3) is 0 Å². The molecule has 18 heavy (non-hydrogen) atoms. The van der Waals surface area contributed by atoms with Gasteiger partial charge in [-0.3, -0.25) is 0 Å². The standard InChI is InChI=1S/C11H10FNO5/c12-7-2-1-3-8(9(7)10(14)15)17-5-6-4-13-11(16)18-6/h1-3,6H,4-5H2,(H,13,16)(H,14,15). The minimum atomic E-state index is -1.41. The van der Waals surface area contributed by atoms with Crippen LogP contribution < -0.4 is 10.1 Å². The first-order valence-electron chi connectivity index (χ1n) is 5.17. The van der Waals surface area contributed by atoms with Crippen LogP contribution in [0, 0.1) is 5.82 Å². The Morgan fingerprint density at radius 1 is 1.61 bits per heavy atom. The third-order valence-corrected chi connectivity index (χ3v) is 2.36. The monoisotopic (exact) mass is 255 g/mol. The number of benzene rings is 1. The number of rotatable bonds is 4. The third-order valence-electron chi connectivity index (χ3n) is 2.36. The molecule has 1 aliphatic heterocycles. The Hall–Kier alpha value is -2.31. The molecule has 0 spiro atoms. The molecule has 2 rings (SSSR count). The molecule has 1 fully saturated rings. The molecule has 1 unspecified atom stereocenters. The summed E-state index contributed by atoms with van der Waals surface area (Å²) in [7, 11) is 0. The van der Waals surface area contributed by atoms with E-state index in [1.807, 2.05) is 0 Å². The number of hydrogen-bond acceptors (Lipinski definition) is 4. The number of carbonyl (C=O) groups excluding carboxylic acids is 1. The average molecular weight is 255 g/mol. The lowest BCUT2D eigenvalue weighted by Gasteiger charge is -2.12. The zero-order chi connectivity index (χ0) is 13.1. The van der Waals surface area contributed by atoms with Gasteiger partial charge in [-0.25, -0.2) is 14.0 Å². The van der Waals surface area contributed by atoms with Gasteiger partial charge in [0, 0.05) is 0 Å². The third kappa shape index (κ3) is 2.50. The van der Waals surface area contributed by atoms with Gasteiger partial charge in [0.1, 0.15) is 23.7 Å². The van der Waals surface area contributed by atoms with Crippen LogP contribution in [0.3, 0.4) is 0 Å². The maximum absolute atomic E-state index is 13.3. The van der Waals surface area contributed by atoms with Crippen molar-refractivity contribution >= 4 is 12.1 Å². The lowest BCUT2D eigenvalue weighted by Crippen LogP contribution is -2.22. The van der Waals surface area contributed by atoms with E-state index in [4.69, 9.17) is 14.6 Å².